The van der Waals surface area contributed by atoms with E-state index in [1.165, 1.54) is 12.7 Å². The first-order valence-corrected chi connectivity index (χ1v) is 8.93. The van der Waals surface area contributed by atoms with Gasteiger partial charge in [-0.25, -0.2) is 5.43 Å². The van der Waals surface area contributed by atoms with Crippen molar-refractivity contribution >= 4 is 23.2 Å². The Hall–Kier alpha value is -2.89. The topological polar surface area (TPSA) is 83.7 Å². The average Bonchev–Trinajstić information content (AvgIpc) is 3.22. The maximum atomic E-state index is 12.3. The summed E-state index contributed by atoms with van der Waals surface area (Å²) in [6.45, 7) is 1.80. The van der Waals surface area contributed by atoms with Gasteiger partial charge in [-0.05, 0) is 49.6 Å². The minimum Gasteiger partial charge on any atom is -0.459 e. The standard InChI is InChI=1S/C20H23N3O3/c1-14(22-23-20(25)18-8-5-13-26-18)15-9-11-17(12-10-15)21-19(24)16-6-3-2-4-7-16/h5,8-13,16H,2-4,6-7H2,1H3,(H,21,24)(H,23,25). The monoisotopic (exact) mass is 353 g/mol. The predicted octanol–water partition coefficient (Wildman–Crippen LogP) is 3.95. The summed E-state index contributed by atoms with van der Waals surface area (Å²) < 4.78 is 5.01. The molecule has 136 valence electrons. The van der Waals surface area contributed by atoms with Crippen LogP contribution in [0.4, 0.5) is 5.69 Å². The van der Waals surface area contributed by atoms with E-state index in [4.69, 9.17) is 4.42 Å². The highest BCUT2D eigenvalue weighted by atomic mass is 16.3. The third-order valence-corrected chi connectivity index (χ3v) is 4.62. The van der Waals surface area contributed by atoms with Gasteiger partial charge in [0.05, 0.1) is 12.0 Å². The lowest BCUT2D eigenvalue weighted by Crippen LogP contribution is -2.24. The first kappa shape index (κ1) is 17.9. The van der Waals surface area contributed by atoms with Crippen molar-refractivity contribution in [1.82, 2.24) is 5.43 Å². The van der Waals surface area contributed by atoms with Crippen molar-refractivity contribution in [2.24, 2.45) is 11.0 Å². The van der Waals surface area contributed by atoms with Crippen LogP contribution >= 0.6 is 0 Å². The largest absolute Gasteiger partial charge is 0.459 e. The van der Waals surface area contributed by atoms with E-state index in [0.717, 1.165) is 36.9 Å². The van der Waals surface area contributed by atoms with Gasteiger partial charge in [-0.3, -0.25) is 9.59 Å². The van der Waals surface area contributed by atoms with E-state index in [0.29, 0.717) is 5.71 Å². The Morgan fingerprint density at radius 1 is 1.08 bits per heavy atom. The Bertz CT molecular complexity index is 773. The maximum Gasteiger partial charge on any atom is 0.307 e. The van der Waals surface area contributed by atoms with Crippen molar-refractivity contribution in [2.75, 3.05) is 5.32 Å². The average molecular weight is 353 g/mol. The van der Waals surface area contributed by atoms with Crippen molar-refractivity contribution in [2.45, 2.75) is 39.0 Å². The molecule has 6 nitrogen and oxygen atoms in total. The maximum absolute atomic E-state index is 12.3. The summed E-state index contributed by atoms with van der Waals surface area (Å²) in [6.07, 6.45) is 6.89. The van der Waals surface area contributed by atoms with Crippen molar-refractivity contribution < 1.29 is 14.0 Å². The molecule has 1 fully saturated rings. The molecule has 1 aliphatic carbocycles. The summed E-state index contributed by atoms with van der Waals surface area (Å²) in [6, 6.07) is 10.7. The van der Waals surface area contributed by atoms with Crippen LogP contribution in [-0.4, -0.2) is 17.5 Å². The summed E-state index contributed by atoms with van der Waals surface area (Å²) in [5.41, 5.74) is 4.76. The molecule has 0 atom stereocenters. The van der Waals surface area contributed by atoms with Gasteiger partial charge in [-0.2, -0.15) is 5.10 Å². The highest BCUT2D eigenvalue weighted by Crippen LogP contribution is 2.25. The molecule has 0 bridgehead atoms. The smallest absolute Gasteiger partial charge is 0.307 e. The number of rotatable bonds is 5. The van der Waals surface area contributed by atoms with Crippen LogP contribution in [0.1, 0.15) is 55.1 Å². The SMILES string of the molecule is CC(=NNC(=O)c1ccco1)c1ccc(NC(=O)C2CCCCC2)cc1. The predicted molar refractivity (Wildman–Crippen MR) is 100 cm³/mol. The first-order valence-electron chi connectivity index (χ1n) is 8.93. The minimum absolute atomic E-state index is 0.105. The molecule has 2 amide bonds. The van der Waals surface area contributed by atoms with Crippen LogP contribution in [0.2, 0.25) is 0 Å². The number of nitrogens with one attached hydrogen (secondary N) is 2. The van der Waals surface area contributed by atoms with E-state index < -0.39 is 5.91 Å². The Balaban J connectivity index is 1.57. The van der Waals surface area contributed by atoms with Gasteiger partial charge in [0.1, 0.15) is 0 Å². The molecule has 26 heavy (non-hydrogen) atoms. The summed E-state index contributed by atoms with van der Waals surface area (Å²) in [5, 5.41) is 7.07. The number of amides is 2. The molecule has 1 heterocycles. The zero-order valence-electron chi connectivity index (χ0n) is 14.8. The Morgan fingerprint density at radius 2 is 1.81 bits per heavy atom. The molecule has 1 aromatic carbocycles. The molecular formula is C20H23N3O3. The Kier molecular flexibility index (Phi) is 5.84. The van der Waals surface area contributed by atoms with E-state index in [1.807, 2.05) is 24.3 Å². The molecule has 1 saturated carbocycles. The number of anilines is 1. The van der Waals surface area contributed by atoms with Crippen molar-refractivity contribution in [3.63, 3.8) is 0 Å². The number of hydrogen-bond donors (Lipinski definition) is 2. The second kappa shape index (κ2) is 8.47. The number of carbonyl (C=O) groups excluding carboxylic acids is 2. The van der Waals surface area contributed by atoms with Gasteiger partial charge in [-0.1, -0.05) is 31.4 Å². The van der Waals surface area contributed by atoms with E-state index in [2.05, 4.69) is 15.8 Å². The molecular weight excluding hydrogens is 330 g/mol. The molecule has 0 radical (unpaired) electrons. The van der Waals surface area contributed by atoms with Crippen LogP contribution in [0, 0.1) is 5.92 Å². The lowest BCUT2D eigenvalue weighted by Gasteiger charge is -2.20. The van der Waals surface area contributed by atoms with Crippen LogP contribution in [0.5, 0.6) is 0 Å². The molecule has 1 aliphatic rings. The summed E-state index contributed by atoms with van der Waals surface area (Å²) >= 11 is 0. The molecule has 0 aliphatic heterocycles. The number of furan rings is 1. The highest BCUT2D eigenvalue weighted by molar-refractivity contribution is 6.01. The summed E-state index contributed by atoms with van der Waals surface area (Å²) in [5.74, 6) is 0.0464. The zero-order valence-corrected chi connectivity index (χ0v) is 14.8. The normalized spacial score (nSPS) is 15.5. The lowest BCUT2D eigenvalue weighted by molar-refractivity contribution is -0.120. The minimum atomic E-state index is -0.397. The summed E-state index contributed by atoms with van der Waals surface area (Å²) in [7, 11) is 0. The zero-order chi connectivity index (χ0) is 18.4. The van der Waals surface area contributed by atoms with Gasteiger partial charge < -0.3 is 9.73 Å². The first-order chi connectivity index (χ1) is 12.6. The molecule has 2 N–H and O–H groups in total. The van der Waals surface area contributed by atoms with Crippen molar-refractivity contribution in [3.8, 4) is 0 Å². The van der Waals surface area contributed by atoms with Crippen molar-refractivity contribution in [1.29, 1.82) is 0 Å². The Morgan fingerprint density at radius 3 is 2.46 bits per heavy atom. The number of nitrogens with zero attached hydrogens (tertiary/aromatic N) is 1. The highest BCUT2D eigenvalue weighted by Gasteiger charge is 2.20. The molecule has 3 rings (SSSR count). The number of carbonyl (C=O) groups is 2. The van der Waals surface area contributed by atoms with Crippen LogP contribution in [-0.2, 0) is 4.79 Å². The van der Waals surface area contributed by atoms with Crippen LogP contribution in [0.3, 0.4) is 0 Å². The van der Waals surface area contributed by atoms with E-state index in [1.54, 1.807) is 19.1 Å². The fourth-order valence-electron chi connectivity index (χ4n) is 3.07. The third-order valence-electron chi connectivity index (χ3n) is 4.62. The third kappa shape index (κ3) is 4.59. The molecule has 0 spiro atoms. The fourth-order valence-corrected chi connectivity index (χ4v) is 3.07. The second-order valence-electron chi connectivity index (χ2n) is 6.52. The quantitative estimate of drug-likeness (QED) is 0.630. The van der Waals surface area contributed by atoms with Crippen LogP contribution in [0.15, 0.2) is 52.2 Å². The van der Waals surface area contributed by atoms with Crippen LogP contribution < -0.4 is 10.7 Å². The van der Waals surface area contributed by atoms with E-state index in [9.17, 15) is 9.59 Å². The van der Waals surface area contributed by atoms with Gasteiger partial charge in [0.2, 0.25) is 5.91 Å². The van der Waals surface area contributed by atoms with Gasteiger partial charge in [0, 0.05) is 11.6 Å². The number of hydrogen-bond acceptors (Lipinski definition) is 4. The van der Waals surface area contributed by atoms with Gasteiger partial charge in [0.15, 0.2) is 5.76 Å². The fraction of sp³-hybridized carbons (Fsp3) is 0.350. The van der Waals surface area contributed by atoms with E-state index in [-0.39, 0.29) is 17.6 Å². The molecule has 0 unspecified atom stereocenters. The van der Waals surface area contributed by atoms with Crippen molar-refractivity contribution in [3.05, 3.63) is 54.0 Å². The Labute approximate surface area is 152 Å². The summed E-state index contributed by atoms with van der Waals surface area (Å²) in [4.78, 5) is 24.1. The molecule has 6 heteroatoms. The number of benzene rings is 1. The van der Waals surface area contributed by atoms with E-state index >= 15 is 0 Å². The second-order valence-corrected chi connectivity index (χ2v) is 6.52. The van der Waals surface area contributed by atoms with Gasteiger partial charge in [0.25, 0.3) is 0 Å². The van der Waals surface area contributed by atoms with Gasteiger partial charge in [-0.15, -0.1) is 0 Å². The number of hydrazone groups is 1. The molecule has 1 aromatic heterocycles. The van der Waals surface area contributed by atoms with Crippen LogP contribution in [0.25, 0.3) is 0 Å². The lowest BCUT2D eigenvalue weighted by atomic mass is 9.88. The molecule has 2 aromatic rings. The molecule has 0 saturated heterocycles. The van der Waals surface area contributed by atoms with Gasteiger partial charge >= 0.3 is 5.91 Å².